The predicted octanol–water partition coefficient (Wildman–Crippen LogP) is -0.250. The van der Waals surface area contributed by atoms with E-state index in [9.17, 15) is 9.59 Å². The first-order chi connectivity index (χ1) is 11.3. The Kier molecular flexibility index (Phi) is 13.0. The Morgan fingerprint density at radius 3 is 1.75 bits per heavy atom. The number of thioether (sulfide) groups is 1. The van der Waals surface area contributed by atoms with Crippen LogP contribution in [0.2, 0.25) is 0 Å². The van der Waals surface area contributed by atoms with Gasteiger partial charge in [-0.25, -0.2) is 0 Å². The van der Waals surface area contributed by atoms with Crippen molar-refractivity contribution in [2.24, 2.45) is 11.5 Å². The molecule has 8 heteroatoms. The maximum Gasteiger partial charge on any atom is 0.221 e. The second-order valence-electron chi connectivity index (χ2n) is 6.58. The van der Waals surface area contributed by atoms with Gasteiger partial charge in [0, 0.05) is 69.2 Å². The monoisotopic (exact) mass is 361 g/mol. The smallest absolute Gasteiger partial charge is 0.221 e. The first-order valence-corrected chi connectivity index (χ1v) is 9.57. The number of nitrogens with zero attached hydrogens (tertiary/aromatic N) is 1. The lowest BCUT2D eigenvalue weighted by Gasteiger charge is -2.24. The maximum atomic E-state index is 11.7. The van der Waals surface area contributed by atoms with Gasteiger partial charge in [0.15, 0.2) is 0 Å². The molecule has 0 aromatic heterocycles. The van der Waals surface area contributed by atoms with Crippen LogP contribution in [0.4, 0.5) is 0 Å². The van der Waals surface area contributed by atoms with Gasteiger partial charge in [-0.3, -0.25) is 9.59 Å². The van der Waals surface area contributed by atoms with Crippen LogP contribution in [0.1, 0.15) is 33.6 Å². The SMILES string of the molecule is CC(C)(C)SCCN(CCC(=O)NCCN)CCC(=O)NCCN. The van der Waals surface area contributed by atoms with Gasteiger partial charge >= 0.3 is 0 Å². The Morgan fingerprint density at radius 2 is 1.38 bits per heavy atom. The van der Waals surface area contributed by atoms with Gasteiger partial charge in [-0.15, -0.1) is 0 Å². The largest absolute Gasteiger partial charge is 0.355 e. The van der Waals surface area contributed by atoms with Crippen molar-refractivity contribution in [3.8, 4) is 0 Å². The summed E-state index contributed by atoms with van der Waals surface area (Å²) >= 11 is 1.88. The van der Waals surface area contributed by atoms with Crippen LogP contribution in [0.3, 0.4) is 0 Å². The molecule has 0 aromatic carbocycles. The Morgan fingerprint density at radius 1 is 0.917 bits per heavy atom. The summed E-state index contributed by atoms with van der Waals surface area (Å²) in [5.41, 5.74) is 10.8. The van der Waals surface area contributed by atoms with Gasteiger partial charge in [-0.05, 0) is 0 Å². The lowest BCUT2D eigenvalue weighted by atomic mass is 10.3. The second kappa shape index (κ2) is 13.5. The van der Waals surface area contributed by atoms with Crippen molar-refractivity contribution < 1.29 is 9.59 Å². The van der Waals surface area contributed by atoms with Gasteiger partial charge in [0.1, 0.15) is 0 Å². The van der Waals surface area contributed by atoms with Crippen molar-refractivity contribution >= 4 is 23.6 Å². The zero-order valence-electron chi connectivity index (χ0n) is 15.4. The molecular formula is C16H35N5O2S. The molecule has 0 radical (unpaired) electrons. The Bertz CT molecular complexity index is 337. The van der Waals surface area contributed by atoms with E-state index in [0.717, 1.165) is 12.3 Å². The Labute approximate surface area is 150 Å². The van der Waals surface area contributed by atoms with Crippen LogP contribution >= 0.6 is 11.8 Å². The number of amides is 2. The van der Waals surface area contributed by atoms with Gasteiger partial charge in [0.05, 0.1) is 0 Å². The molecule has 0 heterocycles. The fourth-order valence-corrected chi connectivity index (χ4v) is 2.90. The summed E-state index contributed by atoms with van der Waals surface area (Å²) in [6.07, 6.45) is 0.842. The van der Waals surface area contributed by atoms with E-state index in [-0.39, 0.29) is 16.6 Å². The molecule has 0 unspecified atom stereocenters. The normalized spacial score (nSPS) is 11.6. The van der Waals surface area contributed by atoms with Gasteiger partial charge in [-0.2, -0.15) is 11.8 Å². The summed E-state index contributed by atoms with van der Waals surface area (Å²) in [5.74, 6) is 0.973. The zero-order chi connectivity index (χ0) is 18.4. The number of hydrogen-bond acceptors (Lipinski definition) is 6. The molecule has 2 amide bonds. The third kappa shape index (κ3) is 14.7. The molecule has 0 aliphatic carbocycles. The highest BCUT2D eigenvalue weighted by Crippen LogP contribution is 2.22. The first kappa shape index (κ1) is 23.2. The molecule has 0 aliphatic heterocycles. The van der Waals surface area contributed by atoms with Crippen molar-refractivity contribution in [1.82, 2.24) is 15.5 Å². The number of nitrogens with two attached hydrogens (primary N) is 2. The fourth-order valence-electron chi connectivity index (χ4n) is 1.94. The molecule has 0 fully saturated rings. The van der Waals surface area contributed by atoms with E-state index in [0.29, 0.717) is 52.1 Å². The molecule has 0 bridgehead atoms. The molecule has 0 rings (SSSR count). The lowest BCUT2D eigenvalue weighted by Crippen LogP contribution is -2.37. The van der Waals surface area contributed by atoms with Crippen LogP contribution in [0.5, 0.6) is 0 Å². The maximum absolute atomic E-state index is 11.7. The average Bonchev–Trinajstić information content (AvgIpc) is 2.51. The molecule has 0 saturated carbocycles. The van der Waals surface area contributed by atoms with Crippen LogP contribution in [-0.4, -0.2) is 73.0 Å². The van der Waals surface area contributed by atoms with Crippen molar-refractivity contribution in [3.63, 3.8) is 0 Å². The minimum absolute atomic E-state index is 0.00140. The summed E-state index contributed by atoms with van der Waals surface area (Å²) in [5, 5.41) is 5.54. The van der Waals surface area contributed by atoms with E-state index in [1.807, 2.05) is 11.8 Å². The minimum atomic E-state index is 0.00140. The zero-order valence-corrected chi connectivity index (χ0v) is 16.2. The number of carbonyl (C=O) groups is 2. The summed E-state index contributed by atoms with van der Waals surface area (Å²) < 4.78 is 0.211. The number of carbonyl (C=O) groups excluding carboxylic acids is 2. The standard InChI is InChI=1S/C16H35N5O2S/c1-16(2,3)24-13-12-21(10-4-14(22)19-8-6-17)11-5-15(23)20-9-7-18/h4-13,17-18H2,1-3H3,(H,19,22)(H,20,23). The highest BCUT2D eigenvalue weighted by atomic mass is 32.2. The minimum Gasteiger partial charge on any atom is -0.355 e. The van der Waals surface area contributed by atoms with Crippen LogP contribution in [0.15, 0.2) is 0 Å². The topological polar surface area (TPSA) is 113 Å². The third-order valence-electron chi connectivity index (χ3n) is 3.19. The Balaban J connectivity index is 4.26. The van der Waals surface area contributed by atoms with Crippen molar-refractivity contribution in [2.75, 3.05) is 51.6 Å². The highest BCUT2D eigenvalue weighted by molar-refractivity contribution is 8.00. The van der Waals surface area contributed by atoms with Crippen molar-refractivity contribution in [3.05, 3.63) is 0 Å². The molecule has 0 aromatic rings. The molecule has 0 spiro atoms. The molecular weight excluding hydrogens is 326 g/mol. The van der Waals surface area contributed by atoms with E-state index >= 15 is 0 Å². The van der Waals surface area contributed by atoms with E-state index < -0.39 is 0 Å². The molecule has 6 N–H and O–H groups in total. The number of hydrogen-bond donors (Lipinski definition) is 4. The molecule has 7 nitrogen and oxygen atoms in total. The van der Waals surface area contributed by atoms with Crippen molar-refractivity contribution in [2.45, 2.75) is 38.4 Å². The summed E-state index contributed by atoms with van der Waals surface area (Å²) in [6.45, 7) is 10.6. The van der Waals surface area contributed by atoms with E-state index in [2.05, 4.69) is 36.3 Å². The number of nitrogens with one attached hydrogen (secondary N) is 2. The van der Waals surface area contributed by atoms with Crippen LogP contribution < -0.4 is 22.1 Å². The third-order valence-corrected chi connectivity index (χ3v) is 4.44. The Hall–Kier alpha value is -0.830. The summed E-state index contributed by atoms with van der Waals surface area (Å²) in [6, 6.07) is 0. The van der Waals surface area contributed by atoms with Crippen LogP contribution in [-0.2, 0) is 9.59 Å². The van der Waals surface area contributed by atoms with E-state index in [1.54, 1.807) is 0 Å². The number of rotatable bonds is 13. The first-order valence-electron chi connectivity index (χ1n) is 8.58. The van der Waals surface area contributed by atoms with Gasteiger partial charge < -0.3 is 27.0 Å². The fraction of sp³-hybridized carbons (Fsp3) is 0.875. The molecule has 0 atom stereocenters. The summed E-state index contributed by atoms with van der Waals surface area (Å²) in [7, 11) is 0. The second-order valence-corrected chi connectivity index (χ2v) is 8.50. The molecule has 0 aliphatic rings. The van der Waals surface area contributed by atoms with Crippen LogP contribution in [0.25, 0.3) is 0 Å². The van der Waals surface area contributed by atoms with Gasteiger partial charge in [-0.1, -0.05) is 20.8 Å². The highest BCUT2D eigenvalue weighted by Gasteiger charge is 2.14. The molecule has 24 heavy (non-hydrogen) atoms. The van der Waals surface area contributed by atoms with Crippen molar-refractivity contribution in [1.29, 1.82) is 0 Å². The molecule has 0 saturated heterocycles. The van der Waals surface area contributed by atoms with E-state index in [1.165, 1.54) is 0 Å². The lowest BCUT2D eigenvalue weighted by molar-refractivity contribution is -0.121. The summed E-state index contributed by atoms with van der Waals surface area (Å²) in [4.78, 5) is 25.6. The molecule has 142 valence electrons. The van der Waals surface area contributed by atoms with Gasteiger partial charge in [0.2, 0.25) is 11.8 Å². The quantitative estimate of drug-likeness (QED) is 0.360. The predicted molar refractivity (Wildman–Crippen MR) is 102 cm³/mol. The van der Waals surface area contributed by atoms with Crippen LogP contribution in [0, 0.1) is 0 Å². The van der Waals surface area contributed by atoms with E-state index in [4.69, 9.17) is 11.5 Å². The van der Waals surface area contributed by atoms with Gasteiger partial charge in [0.25, 0.3) is 0 Å². The average molecular weight is 362 g/mol.